The molecule has 144 valence electrons. The highest BCUT2D eigenvalue weighted by Crippen LogP contribution is 2.39. The van der Waals surface area contributed by atoms with Crippen LogP contribution in [0, 0.1) is 0 Å². The van der Waals surface area contributed by atoms with Gasteiger partial charge in [-0.3, -0.25) is 9.59 Å². The number of fused-ring (bicyclic) bond motifs is 1. The van der Waals surface area contributed by atoms with Crippen molar-refractivity contribution >= 4 is 28.3 Å². The lowest BCUT2D eigenvalue weighted by atomic mass is 9.69. The minimum absolute atomic E-state index is 0.115. The number of carbonyl (C=O) groups excluding carboxylic acids is 1. The topological polar surface area (TPSA) is 62.0 Å². The SMILES string of the molecule is O=C(NCC1(c2cccc(Cl)c2)CCCCC1)c1cc2ccccc2c(=O)[nH]1. The van der Waals surface area contributed by atoms with Crippen LogP contribution in [0.1, 0.15) is 48.2 Å². The van der Waals surface area contributed by atoms with E-state index in [1.165, 1.54) is 12.0 Å². The van der Waals surface area contributed by atoms with Gasteiger partial charge in [-0.15, -0.1) is 0 Å². The minimum Gasteiger partial charge on any atom is -0.350 e. The summed E-state index contributed by atoms with van der Waals surface area (Å²) in [7, 11) is 0. The van der Waals surface area contributed by atoms with Gasteiger partial charge in [0.25, 0.3) is 11.5 Å². The van der Waals surface area contributed by atoms with E-state index < -0.39 is 0 Å². The highest BCUT2D eigenvalue weighted by atomic mass is 35.5. The first kappa shape index (κ1) is 18.8. The van der Waals surface area contributed by atoms with Gasteiger partial charge in [0, 0.05) is 22.4 Å². The third kappa shape index (κ3) is 3.69. The molecule has 4 rings (SSSR count). The minimum atomic E-state index is -0.255. The summed E-state index contributed by atoms with van der Waals surface area (Å²) in [5.41, 5.74) is 1.11. The summed E-state index contributed by atoms with van der Waals surface area (Å²) in [6.07, 6.45) is 5.52. The zero-order valence-corrected chi connectivity index (χ0v) is 16.4. The average molecular weight is 395 g/mol. The van der Waals surface area contributed by atoms with Crippen molar-refractivity contribution in [2.45, 2.75) is 37.5 Å². The van der Waals surface area contributed by atoms with E-state index in [2.05, 4.69) is 16.4 Å². The molecule has 1 aliphatic rings. The van der Waals surface area contributed by atoms with E-state index in [1.54, 1.807) is 12.1 Å². The Morgan fingerprint density at radius 1 is 1.04 bits per heavy atom. The number of aromatic amines is 1. The second-order valence-electron chi connectivity index (χ2n) is 7.63. The van der Waals surface area contributed by atoms with Gasteiger partial charge in [-0.05, 0) is 48.1 Å². The molecule has 0 radical (unpaired) electrons. The molecule has 1 amide bonds. The molecule has 1 aliphatic carbocycles. The van der Waals surface area contributed by atoms with Crippen LogP contribution >= 0.6 is 11.6 Å². The smallest absolute Gasteiger partial charge is 0.267 e. The molecule has 0 saturated heterocycles. The molecular formula is C23H23ClN2O2. The zero-order chi connectivity index (χ0) is 19.6. The molecule has 1 heterocycles. The lowest BCUT2D eigenvalue weighted by Crippen LogP contribution is -2.42. The molecule has 28 heavy (non-hydrogen) atoms. The van der Waals surface area contributed by atoms with Crippen molar-refractivity contribution < 1.29 is 4.79 Å². The summed E-state index contributed by atoms with van der Waals surface area (Å²) in [5.74, 6) is -0.255. The largest absolute Gasteiger partial charge is 0.350 e. The van der Waals surface area contributed by atoms with E-state index >= 15 is 0 Å². The molecule has 1 saturated carbocycles. The van der Waals surface area contributed by atoms with Gasteiger partial charge in [0.05, 0.1) is 0 Å². The molecule has 5 heteroatoms. The monoisotopic (exact) mass is 394 g/mol. The maximum absolute atomic E-state index is 12.8. The van der Waals surface area contributed by atoms with Crippen molar-refractivity contribution in [2.75, 3.05) is 6.54 Å². The standard InChI is InChI=1S/C23H23ClN2O2/c24-18-9-6-8-17(14-18)23(11-4-1-5-12-23)15-25-22(28)20-13-16-7-2-3-10-19(16)21(27)26-20/h2-3,6-10,13-14H,1,4-5,11-12,15H2,(H,25,28)(H,26,27). The maximum Gasteiger partial charge on any atom is 0.267 e. The van der Waals surface area contributed by atoms with Gasteiger partial charge >= 0.3 is 0 Å². The lowest BCUT2D eigenvalue weighted by Gasteiger charge is -2.38. The van der Waals surface area contributed by atoms with Crippen LogP contribution in [-0.4, -0.2) is 17.4 Å². The second kappa shape index (κ2) is 7.80. The summed E-state index contributed by atoms with van der Waals surface area (Å²) in [5, 5.41) is 5.13. The Morgan fingerprint density at radius 2 is 1.82 bits per heavy atom. The number of rotatable bonds is 4. The Kier molecular flexibility index (Phi) is 5.23. The van der Waals surface area contributed by atoms with E-state index in [-0.39, 0.29) is 16.9 Å². The number of carbonyl (C=O) groups is 1. The van der Waals surface area contributed by atoms with Gasteiger partial charge in [0.15, 0.2) is 0 Å². The van der Waals surface area contributed by atoms with Gasteiger partial charge < -0.3 is 10.3 Å². The highest BCUT2D eigenvalue weighted by molar-refractivity contribution is 6.30. The number of hydrogen-bond donors (Lipinski definition) is 2. The van der Waals surface area contributed by atoms with Crippen molar-refractivity contribution in [3.63, 3.8) is 0 Å². The first-order valence-corrected chi connectivity index (χ1v) is 10.1. The molecule has 2 aromatic carbocycles. The van der Waals surface area contributed by atoms with Crippen LogP contribution in [-0.2, 0) is 5.41 Å². The van der Waals surface area contributed by atoms with E-state index in [9.17, 15) is 9.59 Å². The van der Waals surface area contributed by atoms with Crippen LogP contribution in [0.25, 0.3) is 10.8 Å². The van der Waals surface area contributed by atoms with Gasteiger partial charge in [0.1, 0.15) is 5.69 Å². The van der Waals surface area contributed by atoms with Crippen molar-refractivity contribution in [3.05, 3.63) is 81.2 Å². The van der Waals surface area contributed by atoms with E-state index in [0.29, 0.717) is 22.6 Å². The van der Waals surface area contributed by atoms with E-state index in [1.807, 2.05) is 36.4 Å². The molecule has 0 aliphatic heterocycles. The number of nitrogens with one attached hydrogen (secondary N) is 2. The quantitative estimate of drug-likeness (QED) is 0.666. The molecule has 0 unspecified atom stereocenters. The second-order valence-corrected chi connectivity index (χ2v) is 8.07. The Bertz CT molecular complexity index is 1070. The predicted octanol–water partition coefficient (Wildman–Crippen LogP) is 4.81. The van der Waals surface area contributed by atoms with Crippen LogP contribution in [0.5, 0.6) is 0 Å². The first-order chi connectivity index (χ1) is 13.6. The fourth-order valence-corrected chi connectivity index (χ4v) is 4.48. The third-order valence-electron chi connectivity index (χ3n) is 5.83. The lowest BCUT2D eigenvalue weighted by molar-refractivity contribution is 0.0931. The normalized spacial score (nSPS) is 16.0. The number of benzene rings is 2. The first-order valence-electron chi connectivity index (χ1n) is 9.74. The van der Waals surface area contributed by atoms with Crippen molar-refractivity contribution in [3.8, 4) is 0 Å². The number of H-pyrrole nitrogens is 1. The molecular weight excluding hydrogens is 372 g/mol. The van der Waals surface area contributed by atoms with Crippen molar-refractivity contribution in [1.82, 2.24) is 10.3 Å². The summed E-state index contributed by atoms with van der Waals surface area (Å²) in [6.45, 7) is 0.529. The van der Waals surface area contributed by atoms with Crippen molar-refractivity contribution in [1.29, 1.82) is 0 Å². The number of pyridine rings is 1. The highest BCUT2D eigenvalue weighted by Gasteiger charge is 2.34. The van der Waals surface area contributed by atoms with Gasteiger partial charge in [0.2, 0.25) is 0 Å². The summed E-state index contributed by atoms with van der Waals surface area (Å²) >= 11 is 6.23. The molecule has 0 atom stereocenters. The average Bonchev–Trinajstić information content (AvgIpc) is 2.73. The third-order valence-corrected chi connectivity index (χ3v) is 6.07. The molecule has 3 aromatic rings. The van der Waals surface area contributed by atoms with Gasteiger partial charge in [-0.2, -0.15) is 0 Å². The maximum atomic E-state index is 12.8. The Labute approximate surface area is 168 Å². The predicted molar refractivity (Wildman–Crippen MR) is 113 cm³/mol. The fraction of sp³-hybridized carbons (Fsp3) is 0.304. The van der Waals surface area contributed by atoms with E-state index in [0.717, 1.165) is 31.1 Å². The molecule has 0 spiro atoms. The number of amides is 1. The molecule has 0 bridgehead atoms. The van der Waals surface area contributed by atoms with Crippen LogP contribution in [0.15, 0.2) is 59.4 Å². The van der Waals surface area contributed by atoms with Crippen LogP contribution in [0.3, 0.4) is 0 Å². The summed E-state index contributed by atoms with van der Waals surface area (Å²) in [4.78, 5) is 27.8. The van der Waals surface area contributed by atoms with Crippen LogP contribution < -0.4 is 10.9 Å². The molecule has 4 nitrogen and oxygen atoms in total. The fourth-order valence-electron chi connectivity index (χ4n) is 4.29. The molecule has 2 N–H and O–H groups in total. The zero-order valence-electron chi connectivity index (χ0n) is 15.6. The number of halogens is 1. The Balaban J connectivity index is 1.59. The summed E-state index contributed by atoms with van der Waals surface area (Å²) in [6, 6.07) is 17.0. The molecule has 1 aromatic heterocycles. The van der Waals surface area contributed by atoms with Crippen LogP contribution in [0.4, 0.5) is 0 Å². The summed E-state index contributed by atoms with van der Waals surface area (Å²) < 4.78 is 0. The number of hydrogen-bond acceptors (Lipinski definition) is 2. The van der Waals surface area contributed by atoms with Gasteiger partial charge in [-0.1, -0.05) is 61.2 Å². The Morgan fingerprint density at radius 3 is 2.61 bits per heavy atom. The van der Waals surface area contributed by atoms with Gasteiger partial charge in [-0.25, -0.2) is 0 Å². The van der Waals surface area contributed by atoms with E-state index in [4.69, 9.17) is 11.6 Å². The van der Waals surface area contributed by atoms with Crippen molar-refractivity contribution in [2.24, 2.45) is 0 Å². The molecule has 1 fully saturated rings. The number of aromatic nitrogens is 1. The van der Waals surface area contributed by atoms with Crippen LogP contribution in [0.2, 0.25) is 5.02 Å². The Hall–Kier alpha value is -2.59.